The lowest BCUT2D eigenvalue weighted by Gasteiger charge is -2.28. The molecule has 0 unspecified atom stereocenters. The fraction of sp³-hybridized carbons (Fsp3) is 0.588. The lowest BCUT2D eigenvalue weighted by atomic mass is 9.87. The molecule has 110 valence electrons. The summed E-state index contributed by atoms with van der Waals surface area (Å²) in [7, 11) is 0. The third kappa shape index (κ3) is 4.48. The average molecular weight is 290 g/mol. The highest BCUT2D eigenvalue weighted by molar-refractivity contribution is 7.80. The summed E-state index contributed by atoms with van der Waals surface area (Å²) >= 11 is 5.41. The van der Waals surface area contributed by atoms with Crippen molar-refractivity contribution in [3.05, 3.63) is 29.8 Å². The first-order chi connectivity index (χ1) is 9.54. The molecule has 0 atom stereocenters. The summed E-state index contributed by atoms with van der Waals surface area (Å²) in [5.74, 6) is 1.44. The number of rotatable bonds is 3. The Hall–Kier alpha value is -1.09. The highest BCUT2D eigenvalue weighted by atomic mass is 32.1. The van der Waals surface area contributed by atoms with Crippen LogP contribution in [-0.4, -0.2) is 11.2 Å². The van der Waals surface area contributed by atoms with Crippen LogP contribution in [0.5, 0.6) is 0 Å². The van der Waals surface area contributed by atoms with Crippen LogP contribution in [0, 0.1) is 5.92 Å². The molecule has 0 aromatic heterocycles. The molecule has 1 aliphatic carbocycles. The Bertz CT molecular complexity index is 431. The minimum Gasteiger partial charge on any atom is -0.360 e. The van der Waals surface area contributed by atoms with Gasteiger partial charge in [0.25, 0.3) is 0 Å². The third-order valence-corrected chi connectivity index (χ3v) is 4.41. The van der Waals surface area contributed by atoms with Gasteiger partial charge < -0.3 is 10.6 Å². The molecule has 1 fully saturated rings. The van der Waals surface area contributed by atoms with Crippen molar-refractivity contribution in [1.82, 2.24) is 5.32 Å². The smallest absolute Gasteiger partial charge is 0.170 e. The van der Waals surface area contributed by atoms with Gasteiger partial charge in [-0.15, -0.1) is 0 Å². The molecule has 2 rings (SSSR count). The van der Waals surface area contributed by atoms with E-state index in [1.54, 1.807) is 0 Å². The molecule has 3 heteroatoms. The van der Waals surface area contributed by atoms with E-state index >= 15 is 0 Å². The Morgan fingerprint density at radius 3 is 2.25 bits per heavy atom. The fourth-order valence-electron chi connectivity index (χ4n) is 2.71. The van der Waals surface area contributed by atoms with Crippen molar-refractivity contribution >= 4 is 23.0 Å². The van der Waals surface area contributed by atoms with E-state index in [1.165, 1.54) is 31.2 Å². The summed E-state index contributed by atoms with van der Waals surface area (Å²) < 4.78 is 0. The molecule has 0 spiro atoms. The number of hydrogen-bond acceptors (Lipinski definition) is 1. The van der Waals surface area contributed by atoms with Gasteiger partial charge in [-0.2, -0.15) is 0 Å². The number of benzene rings is 1. The highest BCUT2D eigenvalue weighted by Crippen LogP contribution is 2.23. The average Bonchev–Trinajstić information content (AvgIpc) is 2.42. The largest absolute Gasteiger partial charge is 0.360 e. The first-order valence-corrected chi connectivity index (χ1v) is 8.13. The molecule has 1 aromatic carbocycles. The molecule has 0 amide bonds. The Balaban J connectivity index is 1.82. The zero-order chi connectivity index (χ0) is 14.5. The topological polar surface area (TPSA) is 24.1 Å². The van der Waals surface area contributed by atoms with Gasteiger partial charge in [0.15, 0.2) is 5.11 Å². The van der Waals surface area contributed by atoms with Crippen LogP contribution in [0.1, 0.15) is 57.9 Å². The van der Waals surface area contributed by atoms with Crippen LogP contribution in [0.3, 0.4) is 0 Å². The SMILES string of the molecule is CC1CCC(NC(=S)Nc2ccc(C(C)C)cc2)CC1. The molecule has 0 bridgehead atoms. The molecular formula is C17H26N2S. The maximum absolute atomic E-state index is 5.41. The molecule has 20 heavy (non-hydrogen) atoms. The summed E-state index contributed by atoms with van der Waals surface area (Å²) in [6.07, 6.45) is 5.08. The summed E-state index contributed by atoms with van der Waals surface area (Å²) in [6.45, 7) is 6.75. The Morgan fingerprint density at radius 2 is 1.70 bits per heavy atom. The van der Waals surface area contributed by atoms with E-state index in [2.05, 4.69) is 55.7 Å². The van der Waals surface area contributed by atoms with E-state index in [1.807, 2.05) is 0 Å². The molecule has 2 nitrogen and oxygen atoms in total. The molecular weight excluding hydrogens is 264 g/mol. The standard InChI is InChI=1S/C17H26N2S/c1-12(2)14-6-10-16(11-7-14)19-17(20)18-15-8-4-13(3)5-9-15/h6-7,10-13,15H,4-5,8-9H2,1-3H3,(H2,18,19,20). The van der Waals surface area contributed by atoms with E-state index in [-0.39, 0.29) is 0 Å². The van der Waals surface area contributed by atoms with Crippen molar-refractivity contribution in [3.8, 4) is 0 Å². The normalized spacial score (nSPS) is 22.6. The third-order valence-electron chi connectivity index (χ3n) is 4.19. The quantitative estimate of drug-likeness (QED) is 0.791. The van der Waals surface area contributed by atoms with E-state index in [4.69, 9.17) is 12.2 Å². The van der Waals surface area contributed by atoms with Gasteiger partial charge in [-0.1, -0.05) is 32.9 Å². The van der Waals surface area contributed by atoms with Crippen molar-refractivity contribution in [1.29, 1.82) is 0 Å². The maximum Gasteiger partial charge on any atom is 0.170 e. The molecule has 0 heterocycles. The van der Waals surface area contributed by atoms with Gasteiger partial charge in [0, 0.05) is 11.7 Å². The van der Waals surface area contributed by atoms with Crippen LogP contribution in [0.2, 0.25) is 0 Å². The second-order valence-electron chi connectivity index (χ2n) is 6.33. The lowest BCUT2D eigenvalue weighted by molar-refractivity contribution is 0.332. The summed E-state index contributed by atoms with van der Waals surface area (Å²) in [5, 5.41) is 7.48. The van der Waals surface area contributed by atoms with E-state index < -0.39 is 0 Å². The molecule has 1 aromatic rings. The van der Waals surface area contributed by atoms with Gasteiger partial charge in [-0.3, -0.25) is 0 Å². The van der Waals surface area contributed by atoms with Crippen LogP contribution in [-0.2, 0) is 0 Å². The number of thiocarbonyl (C=S) groups is 1. The Labute approximate surface area is 128 Å². The Kier molecular flexibility index (Phi) is 5.41. The molecule has 0 aliphatic heterocycles. The second kappa shape index (κ2) is 7.07. The van der Waals surface area contributed by atoms with Crippen LogP contribution in [0.25, 0.3) is 0 Å². The van der Waals surface area contributed by atoms with Crippen molar-refractivity contribution < 1.29 is 0 Å². The molecule has 0 saturated heterocycles. The molecule has 0 radical (unpaired) electrons. The van der Waals surface area contributed by atoms with Crippen molar-refractivity contribution in [2.24, 2.45) is 5.92 Å². The zero-order valence-electron chi connectivity index (χ0n) is 12.8. The summed E-state index contributed by atoms with van der Waals surface area (Å²) in [5.41, 5.74) is 2.42. The van der Waals surface area contributed by atoms with Crippen LogP contribution >= 0.6 is 12.2 Å². The minimum absolute atomic E-state index is 0.543. The lowest BCUT2D eigenvalue weighted by Crippen LogP contribution is -2.39. The van der Waals surface area contributed by atoms with Crippen molar-refractivity contribution in [2.45, 2.75) is 58.4 Å². The predicted octanol–water partition coefficient (Wildman–Crippen LogP) is 4.68. The van der Waals surface area contributed by atoms with Gasteiger partial charge in [0.2, 0.25) is 0 Å². The predicted molar refractivity (Wildman–Crippen MR) is 91.3 cm³/mol. The highest BCUT2D eigenvalue weighted by Gasteiger charge is 2.18. The van der Waals surface area contributed by atoms with Gasteiger partial charge in [-0.05, 0) is 67.4 Å². The summed E-state index contributed by atoms with van der Waals surface area (Å²) in [4.78, 5) is 0. The van der Waals surface area contributed by atoms with E-state index in [0.29, 0.717) is 12.0 Å². The number of nitrogens with one attached hydrogen (secondary N) is 2. The molecule has 1 saturated carbocycles. The van der Waals surface area contributed by atoms with E-state index in [9.17, 15) is 0 Å². The van der Waals surface area contributed by atoms with Crippen molar-refractivity contribution in [2.75, 3.05) is 5.32 Å². The molecule has 2 N–H and O–H groups in total. The van der Waals surface area contributed by atoms with Crippen LogP contribution in [0.4, 0.5) is 5.69 Å². The van der Waals surface area contributed by atoms with Gasteiger partial charge in [0.1, 0.15) is 0 Å². The van der Waals surface area contributed by atoms with E-state index in [0.717, 1.165) is 16.7 Å². The van der Waals surface area contributed by atoms with Gasteiger partial charge in [0.05, 0.1) is 0 Å². The number of anilines is 1. The monoisotopic (exact) mass is 290 g/mol. The second-order valence-corrected chi connectivity index (χ2v) is 6.74. The molecule has 1 aliphatic rings. The first kappa shape index (κ1) is 15.3. The summed E-state index contributed by atoms with van der Waals surface area (Å²) in [6, 6.07) is 9.08. The van der Waals surface area contributed by atoms with Gasteiger partial charge >= 0.3 is 0 Å². The maximum atomic E-state index is 5.41. The fourth-order valence-corrected chi connectivity index (χ4v) is 2.99. The minimum atomic E-state index is 0.543. The Morgan fingerprint density at radius 1 is 1.10 bits per heavy atom. The van der Waals surface area contributed by atoms with Crippen LogP contribution < -0.4 is 10.6 Å². The zero-order valence-corrected chi connectivity index (χ0v) is 13.6. The van der Waals surface area contributed by atoms with Gasteiger partial charge in [-0.25, -0.2) is 0 Å². The van der Waals surface area contributed by atoms with Crippen LogP contribution in [0.15, 0.2) is 24.3 Å². The number of hydrogen-bond donors (Lipinski definition) is 2. The first-order valence-electron chi connectivity index (χ1n) is 7.72. The van der Waals surface area contributed by atoms with Crippen molar-refractivity contribution in [3.63, 3.8) is 0 Å².